The second-order valence-corrected chi connectivity index (χ2v) is 4.19. The molecule has 0 bridgehead atoms. The molecule has 3 N–H and O–H groups in total. The van der Waals surface area contributed by atoms with Crippen molar-refractivity contribution < 1.29 is 5.21 Å². The molecule has 0 fully saturated rings. The summed E-state index contributed by atoms with van der Waals surface area (Å²) in [4.78, 5) is 8.34. The maximum atomic E-state index is 8.58. The van der Waals surface area contributed by atoms with Crippen molar-refractivity contribution in [1.29, 1.82) is 0 Å². The first-order valence-corrected chi connectivity index (χ1v) is 5.49. The lowest BCUT2D eigenvalue weighted by Crippen LogP contribution is -2.25. The summed E-state index contributed by atoms with van der Waals surface area (Å²) in [5.41, 5.74) is 6.44. The Labute approximate surface area is 92.8 Å². The van der Waals surface area contributed by atoms with Gasteiger partial charge in [-0.3, -0.25) is 0 Å². The van der Waals surface area contributed by atoms with E-state index in [9.17, 15) is 0 Å². The Bertz CT molecular complexity index is 356. The quantitative estimate of drug-likeness (QED) is 0.202. The molecule has 0 aliphatic heterocycles. The van der Waals surface area contributed by atoms with Crippen LogP contribution in [-0.4, -0.2) is 26.3 Å². The number of aromatic nitrogens is 2. The summed E-state index contributed by atoms with van der Waals surface area (Å²) in [6.45, 7) is 3.86. The van der Waals surface area contributed by atoms with Gasteiger partial charge in [-0.05, 0) is 19.4 Å². The predicted octanol–water partition coefficient (Wildman–Crippen LogP) is 1.40. The lowest BCUT2D eigenvalue weighted by Gasteiger charge is -2.10. The van der Waals surface area contributed by atoms with Crippen LogP contribution < -0.4 is 5.73 Å². The van der Waals surface area contributed by atoms with Crippen molar-refractivity contribution in [3.8, 4) is 0 Å². The molecule has 0 aromatic carbocycles. The molecule has 6 heteroatoms. The molecule has 0 radical (unpaired) electrons. The maximum Gasteiger partial charge on any atom is 0.188 e. The van der Waals surface area contributed by atoms with Gasteiger partial charge in [0.2, 0.25) is 0 Å². The minimum atomic E-state index is -0.0863. The van der Waals surface area contributed by atoms with Gasteiger partial charge in [-0.2, -0.15) is 0 Å². The Morgan fingerprint density at radius 1 is 1.73 bits per heavy atom. The van der Waals surface area contributed by atoms with Crippen molar-refractivity contribution in [3.63, 3.8) is 0 Å². The number of nitrogens with two attached hydrogens (primary N) is 1. The zero-order valence-corrected chi connectivity index (χ0v) is 9.53. The molecule has 0 amide bonds. The molecule has 0 saturated carbocycles. The zero-order chi connectivity index (χ0) is 11.3. The molecule has 1 heterocycles. The minimum absolute atomic E-state index is 0.0863. The Morgan fingerprint density at radius 2 is 2.47 bits per heavy atom. The van der Waals surface area contributed by atoms with E-state index in [0.29, 0.717) is 5.16 Å². The van der Waals surface area contributed by atoms with Crippen molar-refractivity contribution in [2.24, 2.45) is 10.9 Å². The van der Waals surface area contributed by atoms with Gasteiger partial charge in [0, 0.05) is 11.9 Å². The molecule has 0 spiro atoms. The third kappa shape index (κ3) is 3.39. The van der Waals surface area contributed by atoms with Gasteiger partial charge in [0.15, 0.2) is 11.0 Å². The fourth-order valence-electron chi connectivity index (χ4n) is 1.03. The average molecular weight is 226 g/mol. The van der Waals surface area contributed by atoms with Crippen molar-refractivity contribution >= 4 is 17.6 Å². The van der Waals surface area contributed by atoms with Crippen molar-refractivity contribution in [2.45, 2.75) is 30.7 Å². The van der Waals surface area contributed by atoms with Gasteiger partial charge < -0.3 is 10.9 Å². The van der Waals surface area contributed by atoms with Crippen LogP contribution in [0.25, 0.3) is 0 Å². The maximum absolute atomic E-state index is 8.58. The van der Waals surface area contributed by atoms with Gasteiger partial charge in [0.25, 0.3) is 0 Å². The molecule has 1 rings (SSSR count). The van der Waals surface area contributed by atoms with Crippen molar-refractivity contribution in [1.82, 2.24) is 9.97 Å². The number of oxime groups is 1. The van der Waals surface area contributed by atoms with E-state index in [4.69, 9.17) is 10.9 Å². The Balaban J connectivity index is 2.75. The van der Waals surface area contributed by atoms with Gasteiger partial charge >= 0.3 is 0 Å². The van der Waals surface area contributed by atoms with Crippen molar-refractivity contribution in [2.75, 3.05) is 0 Å². The van der Waals surface area contributed by atoms with E-state index in [1.165, 1.54) is 11.8 Å². The smallest absolute Gasteiger partial charge is 0.188 e. The molecule has 0 aliphatic carbocycles. The van der Waals surface area contributed by atoms with E-state index in [2.05, 4.69) is 15.1 Å². The number of rotatable bonds is 4. The molecule has 1 aromatic heterocycles. The Hall–Kier alpha value is -1.30. The summed E-state index contributed by atoms with van der Waals surface area (Å²) in [6, 6.07) is 1.83. The number of nitrogens with zero attached hydrogens (tertiary/aromatic N) is 3. The Morgan fingerprint density at radius 3 is 3.00 bits per heavy atom. The lowest BCUT2D eigenvalue weighted by atomic mass is 10.3. The molecule has 82 valence electrons. The van der Waals surface area contributed by atoms with Crippen molar-refractivity contribution in [3.05, 3.63) is 18.0 Å². The third-order valence-corrected chi connectivity index (χ3v) is 3.10. The molecule has 1 aromatic rings. The van der Waals surface area contributed by atoms with Gasteiger partial charge in [-0.15, -0.1) is 0 Å². The molecular weight excluding hydrogens is 212 g/mol. The second-order valence-electron chi connectivity index (χ2n) is 3.02. The second kappa shape index (κ2) is 5.55. The van der Waals surface area contributed by atoms with Crippen LogP contribution in [0, 0.1) is 6.92 Å². The molecular formula is C9H14N4OS. The van der Waals surface area contributed by atoms with Crippen LogP contribution in [0.2, 0.25) is 0 Å². The number of hydrogen-bond donors (Lipinski definition) is 2. The van der Waals surface area contributed by atoms with E-state index >= 15 is 0 Å². The highest BCUT2D eigenvalue weighted by molar-refractivity contribution is 8.00. The first-order valence-electron chi connectivity index (χ1n) is 4.61. The molecule has 0 saturated heterocycles. The summed E-state index contributed by atoms with van der Waals surface area (Å²) < 4.78 is 0. The largest absolute Gasteiger partial charge is 0.409 e. The normalized spacial score (nSPS) is 13.9. The summed E-state index contributed by atoms with van der Waals surface area (Å²) in [6.07, 6.45) is 2.46. The topological polar surface area (TPSA) is 84.4 Å². The van der Waals surface area contributed by atoms with Gasteiger partial charge in [-0.1, -0.05) is 23.8 Å². The third-order valence-electron chi connectivity index (χ3n) is 1.84. The molecule has 5 nitrogen and oxygen atoms in total. The van der Waals surface area contributed by atoms with E-state index in [1.807, 2.05) is 19.9 Å². The monoisotopic (exact) mass is 226 g/mol. The lowest BCUT2D eigenvalue weighted by molar-refractivity contribution is 0.317. The fraction of sp³-hybridized carbons (Fsp3) is 0.444. The number of aryl methyl sites for hydroxylation is 1. The molecule has 0 aliphatic rings. The summed E-state index contributed by atoms with van der Waals surface area (Å²) in [5, 5.41) is 12.1. The van der Waals surface area contributed by atoms with Crippen LogP contribution in [0.4, 0.5) is 0 Å². The average Bonchev–Trinajstić information content (AvgIpc) is 2.25. The van der Waals surface area contributed by atoms with Crippen LogP contribution >= 0.6 is 11.8 Å². The van der Waals surface area contributed by atoms with Gasteiger partial charge in [0.05, 0.1) is 5.25 Å². The summed E-state index contributed by atoms with van der Waals surface area (Å²) in [7, 11) is 0. The number of thioether (sulfide) groups is 1. The van der Waals surface area contributed by atoms with Gasteiger partial charge in [-0.25, -0.2) is 9.97 Å². The first-order chi connectivity index (χ1) is 7.17. The van der Waals surface area contributed by atoms with Crippen LogP contribution in [0.15, 0.2) is 22.6 Å². The van der Waals surface area contributed by atoms with Gasteiger partial charge in [0.1, 0.15) is 0 Å². The van der Waals surface area contributed by atoms with Crippen LogP contribution in [0.5, 0.6) is 0 Å². The predicted molar refractivity (Wildman–Crippen MR) is 60.1 cm³/mol. The Kier molecular flexibility index (Phi) is 4.36. The summed E-state index contributed by atoms with van der Waals surface area (Å²) >= 11 is 1.40. The zero-order valence-electron chi connectivity index (χ0n) is 8.71. The number of hydrogen-bond acceptors (Lipinski definition) is 5. The molecule has 1 atom stereocenters. The minimum Gasteiger partial charge on any atom is -0.409 e. The first kappa shape index (κ1) is 11.8. The highest BCUT2D eigenvalue weighted by Crippen LogP contribution is 2.21. The molecule has 1 unspecified atom stereocenters. The van der Waals surface area contributed by atoms with Crippen LogP contribution in [-0.2, 0) is 0 Å². The van der Waals surface area contributed by atoms with Crippen LogP contribution in [0.3, 0.4) is 0 Å². The van der Waals surface area contributed by atoms with E-state index < -0.39 is 0 Å². The SMILES string of the molecule is CCC(Sc1nccc(C)n1)C(N)=NO. The van der Waals surface area contributed by atoms with E-state index in [-0.39, 0.29) is 11.1 Å². The van der Waals surface area contributed by atoms with E-state index in [1.54, 1.807) is 6.20 Å². The standard InChI is InChI=1S/C9H14N4OS/c1-3-7(8(10)13-14)15-9-11-5-4-6(2)12-9/h4-5,7,14H,3H2,1-2H3,(H2,10,13). The van der Waals surface area contributed by atoms with E-state index in [0.717, 1.165) is 12.1 Å². The molecule has 15 heavy (non-hydrogen) atoms. The summed E-state index contributed by atoms with van der Waals surface area (Å²) in [5.74, 6) is 0.201. The highest BCUT2D eigenvalue weighted by Gasteiger charge is 2.14. The van der Waals surface area contributed by atoms with Crippen LogP contribution in [0.1, 0.15) is 19.0 Å². The number of amidine groups is 1. The highest BCUT2D eigenvalue weighted by atomic mass is 32.2. The fourth-order valence-corrected chi connectivity index (χ4v) is 1.93.